The number of nitrogens with zero attached hydrogens (tertiary/aromatic N) is 3. The summed E-state index contributed by atoms with van der Waals surface area (Å²) in [4.78, 5) is 0. The summed E-state index contributed by atoms with van der Waals surface area (Å²) in [6.07, 6.45) is 5.80. The Kier molecular flexibility index (Phi) is 7.58. The van der Waals surface area contributed by atoms with E-state index >= 15 is 0 Å². The van der Waals surface area contributed by atoms with Gasteiger partial charge in [-0.1, -0.05) is 19.1 Å². The summed E-state index contributed by atoms with van der Waals surface area (Å²) < 4.78 is 7.35. The lowest BCUT2D eigenvalue weighted by molar-refractivity contribution is 0.125. The Morgan fingerprint density at radius 2 is 2.18 bits per heavy atom. The van der Waals surface area contributed by atoms with Crippen LogP contribution in [0, 0.1) is 5.92 Å². The monoisotopic (exact) mass is 240 g/mol. The second kappa shape index (κ2) is 9.13. The maximum Gasteiger partial charge on any atom is 0.0692 e. The van der Waals surface area contributed by atoms with Gasteiger partial charge in [0.15, 0.2) is 0 Å². The van der Waals surface area contributed by atoms with Crippen LogP contribution in [-0.4, -0.2) is 41.3 Å². The van der Waals surface area contributed by atoms with Crippen molar-refractivity contribution in [3.05, 3.63) is 12.4 Å². The molecule has 5 heteroatoms. The molecule has 0 atom stereocenters. The molecule has 0 fully saturated rings. The van der Waals surface area contributed by atoms with Gasteiger partial charge in [0.25, 0.3) is 0 Å². The zero-order chi connectivity index (χ0) is 12.3. The van der Waals surface area contributed by atoms with E-state index in [1.165, 1.54) is 0 Å². The van der Waals surface area contributed by atoms with Crippen molar-refractivity contribution in [2.75, 3.05) is 26.3 Å². The van der Waals surface area contributed by atoms with Gasteiger partial charge in [-0.3, -0.25) is 4.68 Å². The molecule has 1 heterocycles. The summed E-state index contributed by atoms with van der Waals surface area (Å²) in [6, 6.07) is 0. The van der Waals surface area contributed by atoms with Crippen LogP contribution in [0.2, 0.25) is 0 Å². The molecule has 0 aliphatic rings. The van der Waals surface area contributed by atoms with Crippen molar-refractivity contribution < 1.29 is 4.74 Å². The molecule has 1 N–H and O–H groups in total. The summed E-state index contributed by atoms with van der Waals surface area (Å²) in [5.74, 6) is 0.727. The molecule has 0 aliphatic heterocycles. The Morgan fingerprint density at radius 3 is 2.88 bits per heavy atom. The molecule has 0 amide bonds. The fourth-order valence-corrected chi connectivity index (χ4v) is 1.41. The summed E-state index contributed by atoms with van der Waals surface area (Å²) in [7, 11) is 0. The molecule has 0 saturated heterocycles. The molecule has 98 valence electrons. The van der Waals surface area contributed by atoms with E-state index in [4.69, 9.17) is 4.74 Å². The Bertz CT molecular complexity index is 261. The zero-order valence-corrected chi connectivity index (χ0v) is 10.9. The summed E-state index contributed by atoms with van der Waals surface area (Å²) in [5.41, 5.74) is 0. The molecule has 0 bridgehead atoms. The first-order valence-corrected chi connectivity index (χ1v) is 6.41. The molecular weight excluding hydrogens is 216 g/mol. The normalized spacial score (nSPS) is 11.2. The number of nitrogens with one attached hydrogen (secondary N) is 1. The molecule has 1 aromatic rings. The first kappa shape index (κ1) is 14.1. The van der Waals surface area contributed by atoms with Crippen LogP contribution in [-0.2, 0) is 11.3 Å². The highest BCUT2D eigenvalue weighted by Crippen LogP contribution is 1.98. The van der Waals surface area contributed by atoms with E-state index in [9.17, 15) is 0 Å². The predicted molar refractivity (Wildman–Crippen MR) is 67.8 cm³/mol. The Balaban J connectivity index is 1.79. The zero-order valence-electron chi connectivity index (χ0n) is 10.9. The third-order valence-electron chi connectivity index (χ3n) is 2.48. The Labute approximate surface area is 104 Å². The average molecular weight is 240 g/mol. The van der Waals surface area contributed by atoms with Crippen molar-refractivity contribution in [1.29, 1.82) is 0 Å². The molecule has 1 aromatic heterocycles. The molecule has 0 aliphatic carbocycles. The van der Waals surface area contributed by atoms with Gasteiger partial charge in [-0.2, -0.15) is 0 Å². The van der Waals surface area contributed by atoms with Crippen LogP contribution in [0.25, 0.3) is 0 Å². The van der Waals surface area contributed by atoms with Crippen molar-refractivity contribution in [2.24, 2.45) is 5.92 Å². The minimum absolute atomic E-state index is 0.727. The first-order valence-electron chi connectivity index (χ1n) is 6.41. The Morgan fingerprint density at radius 1 is 1.29 bits per heavy atom. The fourth-order valence-electron chi connectivity index (χ4n) is 1.41. The van der Waals surface area contributed by atoms with Gasteiger partial charge in [-0.05, 0) is 25.3 Å². The van der Waals surface area contributed by atoms with Crippen LogP contribution in [0.5, 0.6) is 0 Å². The first-order chi connectivity index (χ1) is 8.29. The van der Waals surface area contributed by atoms with Crippen LogP contribution in [0.4, 0.5) is 0 Å². The van der Waals surface area contributed by atoms with Crippen LogP contribution >= 0.6 is 0 Å². The number of hydrogen-bond donors (Lipinski definition) is 1. The third kappa shape index (κ3) is 7.88. The van der Waals surface area contributed by atoms with Crippen LogP contribution < -0.4 is 5.32 Å². The molecular formula is C12H24N4O. The topological polar surface area (TPSA) is 52.0 Å². The van der Waals surface area contributed by atoms with Crippen molar-refractivity contribution >= 4 is 0 Å². The molecule has 0 spiro atoms. The standard InChI is InChI=1S/C12H24N4O/c1-12(2)4-10-17-11-7-13-5-3-8-16-9-6-14-15-16/h6,9,12-13H,3-5,7-8,10-11H2,1-2H3. The van der Waals surface area contributed by atoms with Crippen LogP contribution in [0.3, 0.4) is 0 Å². The number of hydrogen-bond acceptors (Lipinski definition) is 4. The van der Waals surface area contributed by atoms with Crippen molar-refractivity contribution in [1.82, 2.24) is 20.3 Å². The summed E-state index contributed by atoms with van der Waals surface area (Å²) in [5, 5.41) is 11.0. The minimum Gasteiger partial charge on any atom is -0.380 e. The van der Waals surface area contributed by atoms with Gasteiger partial charge in [0, 0.05) is 25.9 Å². The lowest BCUT2D eigenvalue weighted by Crippen LogP contribution is -2.22. The van der Waals surface area contributed by atoms with E-state index in [1.807, 2.05) is 10.9 Å². The SMILES string of the molecule is CC(C)CCOCCNCCCn1ccnn1. The minimum atomic E-state index is 0.727. The molecule has 17 heavy (non-hydrogen) atoms. The van der Waals surface area contributed by atoms with E-state index in [1.54, 1.807) is 6.20 Å². The van der Waals surface area contributed by atoms with E-state index in [0.29, 0.717) is 0 Å². The largest absolute Gasteiger partial charge is 0.380 e. The lowest BCUT2D eigenvalue weighted by atomic mass is 10.1. The number of ether oxygens (including phenoxy) is 1. The van der Waals surface area contributed by atoms with Crippen molar-refractivity contribution in [3.8, 4) is 0 Å². The second-order valence-corrected chi connectivity index (χ2v) is 4.56. The lowest BCUT2D eigenvalue weighted by Gasteiger charge is -2.07. The van der Waals surface area contributed by atoms with Crippen molar-refractivity contribution in [3.63, 3.8) is 0 Å². The maximum absolute atomic E-state index is 5.51. The highest BCUT2D eigenvalue weighted by molar-refractivity contribution is 4.63. The van der Waals surface area contributed by atoms with Gasteiger partial charge in [0.05, 0.1) is 12.8 Å². The highest BCUT2D eigenvalue weighted by atomic mass is 16.5. The summed E-state index contributed by atoms with van der Waals surface area (Å²) >= 11 is 0. The summed E-state index contributed by atoms with van der Waals surface area (Å²) in [6.45, 7) is 8.94. The fraction of sp³-hybridized carbons (Fsp3) is 0.833. The van der Waals surface area contributed by atoms with E-state index in [-0.39, 0.29) is 0 Å². The molecule has 0 saturated carbocycles. The maximum atomic E-state index is 5.51. The van der Waals surface area contributed by atoms with Gasteiger partial charge in [-0.25, -0.2) is 0 Å². The molecule has 1 rings (SSSR count). The van der Waals surface area contributed by atoms with E-state index in [0.717, 1.165) is 51.6 Å². The van der Waals surface area contributed by atoms with E-state index < -0.39 is 0 Å². The van der Waals surface area contributed by atoms with Gasteiger partial charge in [0.1, 0.15) is 0 Å². The molecule has 5 nitrogen and oxygen atoms in total. The predicted octanol–water partition coefficient (Wildman–Crippen LogP) is 1.32. The van der Waals surface area contributed by atoms with Gasteiger partial charge >= 0.3 is 0 Å². The second-order valence-electron chi connectivity index (χ2n) is 4.56. The van der Waals surface area contributed by atoms with Gasteiger partial charge < -0.3 is 10.1 Å². The van der Waals surface area contributed by atoms with Crippen LogP contribution in [0.1, 0.15) is 26.7 Å². The van der Waals surface area contributed by atoms with Gasteiger partial charge in [-0.15, -0.1) is 5.10 Å². The van der Waals surface area contributed by atoms with Crippen LogP contribution in [0.15, 0.2) is 12.4 Å². The Hall–Kier alpha value is -0.940. The highest BCUT2D eigenvalue weighted by Gasteiger charge is 1.94. The third-order valence-corrected chi connectivity index (χ3v) is 2.48. The number of rotatable bonds is 10. The molecule has 0 radical (unpaired) electrons. The quantitative estimate of drug-likeness (QED) is 0.627. The number of aromatic nitrogens is 3. The van der Waals surface area contributed by atoms with Crippen molar-refractivity contribution in [2.45, 2.75) is 33.2 Å². The average Bonchev–Trinajstić information content (AvgIpc) is 2.79. The number of aryl methyl sites for hydroxylation is 1. The van der Waals surface area contributed by atoms with Gasteiger partial charge in [0.2, 0.25) is 0 Å². The molecule has 0 aromatic carbocycles. The molecule has 0 unspecified atom stereocenters. The smallest absolute Gasteiger partial charge is 0.0692 e. The van der Waals surface area contributed by atoms with E-state index in [2.05, 4.69) is 29.5 Å².